The topological polar surface area (TPSA) is 104 Å². The van der Waals surface area contributed by atoms with E-state index in [1.807, 2.05) is 36.1 Å². The Bertz CT molecular complexity index is 1230. The number of alkyl halides is 1. The van der Waals surface area contributed by atoms with Gasteiger partial charge in [0.25, 0.3) is 0 Å². The maximum atomic E-state index is 15.1. The van der Waals surface area contributed by atoms with Gasteiger partial charge in [-0.25, -0.2) is 14.4 Å². The number of ether oxygens (including phenoxy) is 1. The monoisotopic (exact) mass is 488 g/mol. The Morgan fingerprint density at radius 2 is 2.11 bits per heavy atom. The summed E-state index contributed by atoms with van der Waals surface area (Å²) in [6, 6.07) is 8.89. The van der Waals surface area contributed by atoms with Gasteiger partial charge in [0.05, 0.1) is 17.8 Å². The standard InChI is InChI=1S/C27H29FN6O2/c1-3-4-5-6-26(30-2)34-12-11-24(21(28)16-34)36-23-10-9-19(13-20(23)15-29)22-14-25(32-17-31-22)33-27(35)18-7-8-18/h3-6,9-10,13-14,17-18,21,24H,7-8,11-12,16H2,1-2H3,(H,31,32,33,35)/b4-3-,6-5-,30-26?/t21-,24+/m1/s1. The predicted octanol–water partition coefficient (Wildman–Crippen LogP) is 4.32. The fourth-order valence-corrected chi connectivity index (χ4v) is 4.00. The molecule has 1 N–H and O–H groups in total. The quantitative estimate of drug-likeness (QED) is 0.354. The lowest BCUT2D eigenvalue weighted by Gasteiger charge is -2.36. The molecule has 0 radical (unpaired) electrons. The number of piperidine rings is 1. The number of amidine groups is 1. The summed E-state index contributed by atoms with van der Waals surface area (Å²) in [5.41, 5.74) is 1.52. The number of nitriles is 1. The first-order chi connectivity index (χ1) is 17.5. The minimum atomic E-state index is -1.24. The molecule has 2 aliphatic rings. The molecule has 0 bridgehead atoms. The molecule has 36 heavy (non-hydrogen) atoms. The minimum absolute atomic E-state index is 0.0425. The molecule has 1 aromatic carbocycles. The maximum Gasteiger partial charge on any atom is 0.228 e. The van der Waals surface area contributed by atoms with Crippen molar-refractivity contribution >= 4 is 17.6 Å². The number of nitrogens with one attached hydrogen (secondary N) is 1. The zero-order valence-electron chi connectivity index (χ0n) is 20.4. The van der Waals surface area contributed by atoms with Gasteiger partial charge in [0.2, 0.25) is 5.91 Å². The summed E-state index contributed by atoms with van der Waals surface area (Å²) in [7, 11) is 1.69. The molecule has 0 unspecified atom stereocenters. The van der Waals surface area contributed by atoms with Crippen LogP contribution in [-0.4, -0.2) is 59.0 Å². The van der Waals surface area contributed by atoms with Crippen molar-refractivity contribution in [2.24, 2.45) is 10.9 Å². The smallest absolute Gasteiger partial charge is 0.228 e. The van der Waals surface area contributed by atoms with E-state index in [4.69, 9.17) is 4.74 Å². The Kier molecular flexibility index (Phi) is 8.06. The van der Waals surface area contributed by atoms with Crippen LogP contribution in [0, 0.1) is 17.2 Å². The summed E-state index contributed by atoms with van der Waals surface area (Å²) in [6.45, 7) is 2.68. The van der Waals surface area contributed by atoms with Crippen LogP contribution in [0.2, 0.25) is 0 Å². The Morgan fingerprint density at radius 3 is 2.81 bits per heavy atom. The molecule has 0 spiro atoms. The summed E-state index contributed by atoms with van der Waals surface area (Å²) in [4.78, 5) is 26.6. The molecule has 2 heterocycles. The molecule has 2 atom stereocenters. The number of anilines is 1. The van der Waals surface area contributed by atoms with Crippen molar-refractivity contribution in [3.63, 3.8) is 0 Å². The average Bonchev–Trinajstić information content (AvgIpc) is 3.74. The number of amides is 1. The van der Waals surface area contributed by atoms with Crippen molar-refractivity contribution < 1.29 is 13.9 Å². The van der Waals surface area contributed by atoms with Crippen LogP contribution < -0.4 is 10.1 Å². The SMILES string of the molecule is C/C=C\C=C/C(=NC)N1CC[C@H](Oc2ccc(-c3cc(NC(=O)C4CC4)ncn3)cc2C#N)[C@H](F)C1. The van der Waals surface area contributed by atoms with Crippen LogP contribution in [0.1, 0.15) is 31.7 Å². The van der Waals surface area contributed by atoms with Crippen LogP contribution in [0.4, 0.5) is 10.2 Å². The Hall–Kier alpha value is -4.06. The van der Waals surface area contributed by atoms with E-state index in [1.165, 1.54) is 6.33 Å². The molecule has 1 saturated heterocycles. The van der Waals surface area contributed by atoms with E-state index in [0.29, 0.717) is 41.6 Å². The molecular weight excluding hydrogens is 459 g/mol. The first-order valence-corrected chi connectivity index (χ1v) is 12.0. The van der Waals surface area contributed by atoms with Gasteiger partial charge in [0, 0.05) is 37.6 Å². The average molecular weight is 489 g/mol. The molecule has 1 aliphatic carbocycles. The van der Waals surface area contributed by atoms with Crippen LogP contribution in [0.3, 0.4) is 0 Å². The molecule has 1 amide bonds. The predicted molar refractivity (Wildman–Crippen MR) is 136 cm³/mol. The van der Waals surface area contributed by atoms with E-state index in [2.05, 4.69) is 26.3 Å². The van der Waals surface area contributed by atoms with Gasteiger partial charge >= 0.3 is 0 Å². The highest BCUT2D eigenvalue weighted by Gasteiger charge is 2.32. The molecule has 186 valence electrons. The second-order valence-corrected chi connectivity index (χ2v) is 8.75. The van der Waals surface area contributed by atoms with Gasteiger partial charge in [-0.3, -0.25) is 9.79 Å². The number of likely N-dealkylation sites (tertiary alicyclic amines) is 1. The highest BCUT2D eigenvalue weighted by molar-refractivity contribution is 5.94. The van der Waals surface area contributed by atoms with Gasteiger partial charge in [-0.1, -0.05) is 18.2 Å². The van der Waals surface area contributed by atoms with Crippen molar-refractivity contribution in [2.75, 3.05) is 25.5 Å². The van der Waals surface area contributed by atoms with Crippen LogP contribution >= 0.6 is 0 Å². The number of hydrogen-bond acceptors (Lipinski definition) is 6. The lowest BCUT2D eigenvalue weighted by Crippen LogP contribution is -2.49. The molecular formula is C27H29FN6O2. The van der Waals surface area contributed by atoms with E-state index in [9.17, 15) is 10.1 Å². The van der Waals surface area contributed by atoms with E-state index in [0.717, 1.165) is 12.8 Å². The Balaban J connectivity index is 1.43. The zero-order chi connectivity index (χ0) is 25.5. The molecule has 1 aliphatic heterocycles. The number of aromatic nitrogens is 2. The molecule has 9 heteroatoms. The van der Waals surface area contributed by atoms with E-state index in [1.54, 1.807) is 31.3 Å². The second-order valence-electron chi connectivity index (χ2n) is 8.75. The molecule has 8 nitrogen and oxygen atoms in total. The number of rotatable bonds is 7. The van der Waals surface area contributed by atoms with Gasteiger partial charge in [0.1, 0.15) is 35.9 Å². The summed E-state index contributed by atoms with van der Waals surface area (Å²) < 4.78 is 21.0. The molecule has 4 rings (SSSR count). The summed E-state index contributed by atoms with van der Waals surface area (Å²) in [5.74, 6) is 1.48. The molecule has 1 saturated carbocycles. The van der Waals surface area contributed by atoms with Crippen LogP contribution in [-0.2, 0) is 4.79 Å². The highest BCUT2D eigenvalue weighted by Crippen LogP contribution is 2.31. The minimum Gasteiger partial charge on any atom is -0.486 e. The second kappa shape index (κ2) is 11.6. The normalized spacial score (nSPS) is 20.5. The summed E-state index contributed by atoms with van der Waals surface area (Å²) >= 11 is 0. The number of benzene rings is 1. The third-order valence-corrected chi connectivity index (χ3v) is 6.12. The summed E-state index contributed by atoms with van der Waals surface area (Å²) in [5, 5.41) is 12.5. The van der Waals surface area contributed by atoms with Crippen molar-refractivity contribution in [3.05, 3.63) is 60.5 Å². The zero-order valence-corrected chi connectivity index (χ0v) is 20.4. The van der Waals surface area contributed by atoms with Crippen LogP contribution in [0.5, 0.6) is 5.75 Å². The number of carbonyl (C=O) groups is 1. The number of halogens is 1. The van der Waals surface area contributed by atoms with Crippen molar-refractivity contribution in [2.45, 2.75) is 38.5 Å². The lowest BCUT2D eigenvalue weighted by atomic mass is 10.0. The third kappa shape index (κ3) is 6.13. The van der Waals surface area contributed by atoms with Crippen molar-refractivity contribution in [1.82, 2.24) is 14.9 Å². The largest absolute Gasteiger partial charge is 0.486 e. The molecule has 1 aromatic heterocycles. The first-order valence-electron chi connectivity index (χ1n) is 12.0. The fraction of sp³-hybridized carbons (Fsp3) is 0.370. The summed E-state index contributed by atoms with van der Waals surface area (Å²) in [6.07, 6.45) is 9.27. The maximum absolute atomic E-state index is 15.1. The number of aliphatic imine (C=N–C) groups is 1. The fourth-order valence-electron chi connectivity index (χ4n) is 4.00. The van der Waals surface area contributed by atoms with Gasteiger partial charge in [-0.15, -0.1) is 0 Å². The number of carbonyl (C=O) groups excluding carboxylic acids is 1. The Labute approximate surface area is 210 Å². The number of allylic oxidation sites excluding steroid dienone is 3. The molecule has 2 aromatic rings. The van der Waals surface area contributed by atoms with Gasteiger partial charge in [-0.05, 0) is 44.0 Å². The third-order valence-electron chi connectivity index (χ3n) is 6.12. The first kappa shape index (κ1) is 25.0. The van der Waals surface area contributed by atoms with E-state index < -0.39 is 12.3 Å². The number of nitrogens with zero attached hydrogens (tertiary/aromatic N) is 5. The van der Waals surface area contributed by atoms with E-state index >= 15 is 4.39 Å². The van der Waals surface area contributed by atoms with Crippen LogP contribution in [0.15, 0.2) is 59.9 Å². The van der Waals surface area contributed by atoms with Gasteiger partial charge in [-0.2, -0.15) is 5.26 Å². The molecule has 2 fully saturated rings. The highest BCUT2D eigenvalue weighted by atomic mass is 19.1. The van der Waals surface area contributed by atoms with Gasteiger partial charge < -0.3 is 15.0 Å². The van der Waals surface area contributed by atoms with E-state index in [-0.39, 0.29) is 23.9 Å². The number of hydrogen-bond donors (Lipinski definition) is 1. The van der Waals surface area contributed by atoms with Crippen LogP contribution in [0.25, 0.3) is 11.3 Å². The van der Waals surface area contributed by atoms with Crippen molar-refractivity contribution in [1.29, 1.82) is 5.26 Å². The Morgan fingerprint density at radius 1 is 1.28 bits per heavy atom. The lowest BCUT2D eigenvalue weighted by molar-refractivity contribution is -0.117. The van der Waals surface area contributed by atoms with Gasteiger partial charge in [0.15, 0.2) is 6.17 Å². The van der Waals surface area contributed by atoms with Crippen molar-refractivity contribution in [3.8, 4) is 23.1 Å².